The van der Waals surface area contributed by atoms with Crippen LogP contribution in [-0.2, 0) is 28.6 Å². The molecule has 6 heteroatoms. The molecule has 0 aliphatic heterocycles. The van der Waals surface area contributed by atoms with Gasteiger partial charge < -0.3 is 14.2 Å². The fourth-order valence-electron chi connectivity index (χ4n) is 8.52. The van der Waals surface area contributed by atoms with Crippen molar-refractivity contribution in [2.45, 2.75) is 317 Å². The molecular weight excluding hydrogens is 769 g/mol. The molecule has 0 saturated carbocycles. The molecule has 0 aliphatic rings. The Morgan fingerprint density at radius 2 is 0.532 bits per heavy atom. The smallest absolute Gasteiger partial charge is 0.306 e. The van der Waals surface area contributed by atoms with Gasteiger partial charge in [-0.2, -0.15) is 0 Å². The molecule has 0 bridgehead atoms. The number of hydrogen-bond donors (Lipinski definition) is 0. The lowest BCUT2D eigenvalue weighted by Gasteiger charge is -2.18. The molecule has 0 fully saturated rings. The number of hydrogen-bond acceptors (Lipinski definition) is 6. The molecule has 1 atom stereocenters. The molecule has 0 aromatic carbocycles. The van der Waals surface area contributed by atoms with Crippen LogP contribution in [0.15, 0.2) is 0 Å². The Hall–Kier alpha value is -1.59. The van der Waals surface area contributed by atoms with Crippen LogP contribution >= 0.6 is 0 Å². The fraction of sp³-hybridized carbons (Fsp3) is 0.946. The SMILES string of the molecule is CCCCCCCCCCCCCC(=O)OC[C@H](COC(=O)CCCCCCCCCCCC(C)C)OC(=O)CCCCCCCCCCCCCCCCCCCCC(C)C. The molecule has 0 spiro atoms. The lowest BCUT2D eigenvalue weighted by molar-refractivity contribution is -0.167. The zero-order valence-corrected chi connectivity index (χ0v) is 42.5. The van der Waals surface area contributed by atoms with Crippen molar-refractivity contribution in [3.63, 3.8) is 0 Å². The molecule has 0 aliphatic carbocycles. The number of rotatable bonds is 50. The normalized spacial score (nSPS) is 12.0. The molecule has 0 N–H and O–H groups in total. The van der Waals surface area contributed by atoms with Crippen LogP contribution in [0, 0.1) is 11.8 Å². The van der Waals surface area contributed by atoms with Crippen LogP contribution in [0.5, 0.6) is 0 Å². The summed E-state index contributed by atoms with van der Waals surface area (Å²) < 4.78 is 16.8. The maximum atomic E-state index is 12.8. The van der Waals surface area contributed by atoms with Crippen LogP contribution in [0.2, 0.25) is 0 Å². The summed E-state index contributed by atoms with van der Waals surface area (Å²) in [7, 11) is 0. The Morgan fingerprint density at radius 3 is 0.790 bits per heavy atom. The Morgan fingerprint density at radius 1 is 0.306 bits per heavy atom. The number of esters is 3. The summed E-state index contributed by atoms with van der Waals surface area (Å²) in [5.41, 5.74) is 0. The van der Waals surface area contributed by atoms with Crippen LogP contribution in [0.1, 0.15) is 311 Å². The molecular formula is C56H108O6. The minimum Gasteiger partial charge on any atom is -0.462 e. The van der Waals surface area contributed by atoms with Gasteiger partial charge in [-0.15, -0.1) is 0 Å². The predicted octanol–water partition coefficient (Wildman–Crippen LogP) is 18.1. The molecule has 0 heterocycles. The van der Waals surface area contributed by atoms with Crippen molar-refractivity contribution < 1.29 is 28.6 Å². The van der Waals surface area contributed by atoms with E-state index < -0.39 is 6.10 Å². The van der Waals surface area contributed by atoms with Gasteiger partial charge in [0.1, 0.15) is 13.2 Å². The largest absolute Gasteiger partial charge is 0.462 e. The van der Waals surface area contributed by atoms with Crippen LogP contribution in [0.4, 0.5) is 0 Å². The molecule has 62 heavy (non-hydrogen) atoms. The average Bonchev–Trinajstić information content (AvgIpc) is 3.24. The van der Waals surface area contributed by atoms with Gasteiger partial charge in [-0.05, 0) is 31.1 Å². The van der Waals surface area contributed by atoms with Gasteiger partial charge in [0.25, 0.3) is 0 Å². The highest BCUT2D eigenvalue weighted by molar-refractivity contribution is 5.71. The fourth-order valence-corrected chi connectivity index (χ4v) is 8.52. The predicted molar refractivity (Wildman–Crippen MR) is 266 cm³/mol. The first-order valence-electron chi connectivity index (χ1n) is 27.7. The van der Waals surface area contributed by atoms with Crippen LogP contribution < -0.4 is 0 Å². The first-order chi connectivity index (χ1) is 30.2. The van der Waals surface area contributed by atoms with Crippen molar-refractivity contribution in [1.82, 2.24) is 0 Å². The first-order valence-corrected chi connectivity index (χ1v) is 27.7. The van der Waals surface area contributed by atoms with Crippen LogP contribution in [0.3, 0.4) is 0 Å². The van der Waals surface area contributed by atoms with Crippen LogP contribution in [0.25, 0.3) is 0 Å². The van der Waals surface area contributed by atoms with Gasteiger partial charge in [0.05, 0.1) is 0 Å². The minimum atomic E-state index is -0.762. The second-order valence-corrected chi connectivity index (χ2v) is 20.2. The Balaban J connectivity index is 4.23. The van der Waals surface area contributed by atoms with Gasteiger partial charge in [0, 0.05) is 19.3 Å². The second kappa shape index (κ2) is 48.9. The quantitative estimate of drug-likeness (QED) is 0.0344. The van der Waals surface area contributed by atoms with E-state index in [1.807, 2.05) is 0 Å². The summed E-state index contributed by atoms with van der Waals surface area (Å²) in [5, 5.41) is 0. The van der Waals surface area contributed by atoms with E-state index in [9.17, 15) is 14.4 Å². The molecule has 0 rings (SSSR count). The van der Waals surface area contributed by atoms with Gasteiger partial charge >= 0.3 is 17.9 Å². The average molecular weight is 877 g/mol. The van der Waals surface area contributed by atoms with Gasteiger partial charge in [0.15, 0.2) is 6.10 Å². The molecule has 368 valence electrons. The zero-order chi connectivity index (χ0) is 45.4. The molecule has 6 nitrogen and oxygen atoms in total. The van der Waals surface area contributed by atoms with E-state index in [-0.39, 0.29) is 31.1 Å². The topological polar surface area (TPSA) is 78.9 Å². The van der Waals surface area contributed by atoms with E-state index >= 15 is 0 Å². The van der Waals surface area contributed by atoms with E-state index in [0.29, 0.717) is 19.3 Å². The first kappa shape index (κ1) is 60.4. The second-order valence-electron chi connectivity index (χ2n) is 20.2. The van der Waals surface area contributed by atoms with Gasteiger partial charge in [-0.25, -0.2) is 0 Å². The zero-order valence-electron chi connectivity index (χ0n) is 42.5. The van der Waals surface area contributed by atoms with Crippen LogP contribution in [-0.4, -0.2) is 37.2 Å². The molecule has 0 radical (unpaired) electrons. The third kappa shape index (κ3) is 49.4. The summed E-state index contributed by atoms with van der Waals surface area (Å²) in [5.74, 6) is 0.822. The lowest BCUT2D eigenvalue weighted by Crippen LogP contribution is -2.30. The Bertz CT molecular complexity index is 947. The van der Waals surface area contributed by atoms with Crippen molar-refractivity contribution in [2.75, 3.05) is 13.2 Å². The highest BCUT2D eigenvalue weighted by atomic mass is 16.6. The Labute approximate surface area is 387 Å². The van der Waals surface area contributed by atoms with Gasteiger partial charge in [0.2, 0.25) is 0 Å². The third-order valence-corrected chi connectivity index (χ3v) is 12.7. The highest BCUT2D eigenvalue weighted by Gasteiger charge is 2.19. The molecule has 0 unspecified atom stereocenters. The lowest BCUT2D eigenvalue weighted by atomic mass is 10.0. The number of carbonyl (C=O) groups is 3. The maximum Gasteiger partial charge on any atom is 0.306 e. The maximum absolute atomic E-state index is 12.8. The monoisotopic (exact) mass is 877 g/mol. The Kier molecular flexibility index (Phi) is 47.6. The molecule has 0 saturated heterocycles. The summed E-state index contributed by atoms with van der Waals surface area (Å²) in [6.07, 6.45) is 51.0. The highest BCUT2D eigenvalue weighted by Crippen LogP contribution is 2.18. The van der Waals surface area contributed by atoms with Crippen molar-refractivity contribution in [2.24, 2.45) is 11.8 Å². The number of carbonyl (C=O) groups excluding carboxylic acids is 3. The summed E-state index contributed by atoms with van der Waals surface area (Å²) in [4.78, 5) is 38.0. The van der Waals surface area contributed by atoms with Crippen molar-refractivity contribution in [1.29, 1.82) is 0 Å². The molecule has 0 amide bonds. The van der Waals surface area contributed by atoms with Gasteiger partial charge in [-0.3, -0.25) is 14.4 Å². The van der Waals surface area contributed by atoms with E-state index in [1.54, 1.807) is 0 Å². The summed E-state index contributed by atoms with van der Waals surface area (Å²) in [6.45, 7) is 11.4. The van der Waals surface area contributed by atoms with E-state index in [0.717, 1.165) is 69.6 Å². The van der Waals surface area contributed by atoms with E-state index in [2.05, 4.69) is 34.6 Å². The minimum absolute atomic E-state index is 0.0634. The number of ether oxygens (including phenoxy) is 3. The van der Waals surface area contributed by atoms with E-state index in [4.69, 9.17) is 14.2 Å². The van der Waals surface area contributed by atoms with Gasteiger partial charge in [-0.1, -0.05) is 272 Å². The van der Waals surface area contributed by atoms with Crippen molar-refractivity contribution in [3.05, 3.63) is 0 Å². The molecule has 0 aromatic rings. The third-order valence-electron chi connectivity index (χ3n) is 12.7. The van der Waals surface area contributed by atoms with Crippen molar-refractivity contribution >= 4 is 17.9 Å². The van der Waals surface area contributed by atoms with E-state index in [1.165, 1.54) is 199 Å². The van der Waals surface area contributed by atoms with Crippen molar-refractivity contribution in [3.8, 4) is 0 Å². The summed E-state index contributed by atoms with van der Waals surface area (Å²) in [6, 6.07) is 0. The summed E-state index contributed by atoms with van der Waals surface area (Å²) >= 11 is 0. The number of unbranched alkanes of at least 4 members (excludes halogenated alkanes) is 35. The molecule has 0 aromatic heterocycles. The standard InChI is InChI=1S/C56H108O6/c1-6-7-8-9-10-11-20-26-31-36-41-46-54(57)60-49-53(50-61-55(58)47-42-37-32-28-23-25-30-35-40-45-52(4)5)62-56(59)48-43-38-33-27-22-19-17-15-13-12-14-16-18-21-24-29-34-39-44-51(2)3/h51-53H,6-50H2,1-5H3/t53-/m1/s1.